The average molecular weight is 349 g/mol. The van der Waals surface area contributed by atoms with E-state index in [2.05, 4.69) is 10.6 Å². The minimum Gasteiger partial charge on any atom is -0.495 e. The highest BCUT2D eigenvalue weighted by Gasteiger charge is 2.09. The van der Waals surface area contributed by atoms with Crippen molar-refractivity contribution in [1.82, 2.24) is 5.32 Å². The lowest BCUT2D eigenvalue weighted by atomic mass is 10.1. The molecule has 4 nitrogen and oxygen atoms in total. The summed E-state index contributed by atoms with van der Waals surface area (Å²) in [4.78, 5) is 11.9. The van der Waals surface area contributed by atoms with Crippen molar-refractivity contribution in [1.29, 1.82) is 0 Å². The summed E-state index contributed by atoms with van der Waals surface area (Å²) in [5.74, 6) is 0.447. The van der Waals surface area contributed by atoms with Crippen LogP contribution in [0, 0.1) is 0 Å². The molecule has 0 atom stereocenters. The molecule has 0 heterocycles. The molecule has 0 radical (unpaired) electrons. The van der Waals surface area contributed by atoms with Crippen molar-refractivity contribution in [3.63, 3.8) is 0 Å². The summed E-state index contributed by atoms with van der Waals surface area (Å²) in [6.07, 6.45) is 1.02. The number of nitrogens with one attached hydrogen (secondary N) is 2. The van der Waals surface area contributed by atoms with Gasteiger partial charge in [-0.1, -0.05) is 41.9 Å². The number of ether oxygens (including phenoxy) is 1. The molecule has 23 heavy (non-hydrogen) atoms. The van der Waals surface area contributed by atoms with E-state index in [0.717, 1.165) is 5.56 Å². The predicted molar refractivity (Wildman–Crippen MR) is 97.1 cm³/mol. The summed E-state index contributed by atoms with van der Waals surface area (Å²) in [6.45, 7) is 0. The summed E-state index contributed by atoms with van der Waals surface area (Å²) >= 11 is 11.1. The average Bonchev–Trinajstić information content (AvgIpc) is 2.54. The smallest absolute Gasteiger partial charge is 0.226 e. The normalized spacial score (nSPS) is 10.0. The SMILES string of the molecule is COc1ccc(Cl)cc1NC(=S)NC(=O)CCc1ccccc1. The second kappa shape index (κ2) is 8.50. The molecule has 2 N–H and O–H groups in total. The number of rotatable bonds is 5. The molecular weight excluding hydrogens is 332 g/mol. The molecule has 0 fully saturated rings. The Kier molecular flexibility index (Phi) is 6.38. The molecule has 1 amide bonds. The zero-order valence-corrected chi connectivity index (χ0v) is 14.2. The number of methoxy groups -OCH3 is 1. The summed E-state index contributed by atoms with van der Waals surface area (Å²) in [5, 5.41) is 6.33. The number of halogens is 1. The molecular formula is C17H17ClN2O2S. The van der Waals surface area contributed by atoms with Crippen molar-refractivity contribution in [2.75, 3.05) is 12.4 Å². The molecule has 6 heteroatoms. The summed E-state index contributed by atoms with van der Waals surface area (Å²) in [5.41, 5.74) is 1.71. The monoisotopic (exact) mass is 348 g/mol. The number of benzene rings is 2. The minimum atomic E-state index is -0.146. The lowest BCUT2D eigenvalue weighted by molar-refractivity contribution is -0.119. The van der Waals surface area contributed by atoms with Crippen LogP contribution >= 0.6 is 23.8 Å². The maximum Gasteiger partial charge on any atom is 0.226 e. The van der Waals surface area contributed by atoms with E-state index in [-0.39, 0.29) is 11.0 Å². The number of anilines is 1. The lowest BCUT2D eigenvalue weighted by Gasteiger charge is -2.13. The van der Waals surface area contributed by atoms with Gasteiger partial charge < -0.3 is 15.4 Å². The van der Waals surface area contributed by atoms with Gasteiger partial charge in [0.2, 0.25) is 5.91 Å². The Morgan fingerprint density at radius 3 is 2.65 bits per heavy atom. The summed E-state index contributed by atoms with van der Waals surface area (Å²) in [7, 11) is 1.55. The number of amides is 1. The third kappa shape index (κ3) is 5.54. The number of hydrogen-bond donors (Lipinski definition) is 2. The Morgan fingerprint density at radius 1 is 1.22 bits per heavy atom. The van der Waals surface area contributed by atoms with E-state index >= 15 is 0 Å². The van der Waals surface area contributed by atoms with Crippen LogP contribution < -0.4 is 15.4 Å². The quantitative estimate of drug-likeness (QED) is 0.807. The fourth-order valence-electron chi connectivity index (χ4n) is 2.02. The van der Waals surface area contributed by atoms with E-state index in [1.165, 1.54) is 0 Å². The molecule has 2 aromatic rings. The van der Waals surface area contributed by atoms with Crippen LogP contribution in [-0.4, -0.2) is 18.1 Å². The third-order valence-corrected chi connectivity index (χ3v) is 3.59. The van der Waals surface area contributed by atoms with Gasteiger partial charge in [-0.3, -0.25) is 4.79 Å². The van der Waals surface area contributed by atoms with Gasteiger partial charge in [0.15, 0.2) is 5.11 Å². The lowest BCUT2D eigenvalue weighted by Crippen LogP contribution is -2.34. The van der Waals surface area contributed by atoms with Gasteiger partial charge >= 0.3 is 0 Å². The van der Waals surface area contributed by atoms with Crippen LogP contribution in [0.5, 0.6) is 5.75 Å². The molecule has 0 bridgehead atoms. The van der Waals surface area contributed by atoms with Crippen molar-refractivity contribution < 1.29 is 9.53 Å². The molecule has 2 aromatic carbocycles. The molecule has 0 saturated heterocycles. The first-order valence-corrected chi connectivity index (χ1v) is 7.85. The van der Waals surface area contributed by atoms with Gasteiger partial charge in [-0.25, -0.2) is 0 Å². The second-order valence-corrected chi connectivity index (χ2v) is 5.68. The summed E-state index contributed by atoms with van der Waals surface area (Å²) < 4.78 is 5.22. The number of aryl methyl sites for hydroxylation is 1. The van der Waals surface area contributed by atoms with E-state index in [4.69, 9.17) is 28.6 Å². The first-order valence-electron chi connectivity index (χ1n) is 7.07. The molecule has 0 aromatic heterocycles. The number of thiocarbonyl (C=S) groups is 1. The van der Waals surface area contributed by atoms with Gasteiger partial charge in [-0.2, -0.15) is 0 Å². The standard InChI is InChI=1S/C17H17ClN2O2S/c1-22-15-9-8-13(18)11-14(15)19-17(23)20-16(21)10-7-12-5-3-2-4-6-12/h2-6,8-9,11H,7,10H2,1H3,(H2,19,20,21,23). The van der Waals surface area contributed by atoms with Crippen molar-refractivity contribution >= 4 is 40.5 Å². The van der Waals surface area contributed by atoms with Crippen molar-refractivity contribution in [3.8, 4) is 5.75 Å². The largest absolute Gasteiger partial charge is 0.495 e. The molecule has 0 spiro atoms. The van der Waals surface area contributed by atoms with Crippen LogP contribution in [0.4, 0.5) is 5.69 Å². The van der Waals surface area contributed by atoms with Gasteiger partial charge in [-0.05, 0) is 42.4 Å². The van der Waals surface area contributed by atoms with E-state index in [1.807, 2.05) is 30.3 Å². The van der Waals surface area contributed by atoms with E-state index in [1.54, 1.807) is 25.3 Å². The number of carbonyl (C=O) groups excluding carboxylic acids is 1. The Bertz CT molecular complexity index is 692. The Hall–Kier alpha value is -2.11. The van der Waals surface area contributed by atoms with E-state index in [9.17, 15) is 4.79 Å². The number of carbonyl (C=O) groups is 1. The molecule has 0 saturated carbocycles. The molecule has 0 aliphatic carbocycles. The van der Waals surface area contributed by atoms with Crippen LogP contribution in [-0.2, 0) is 11.2 Å². The molecule has 0 aliphatic heterocycles. The fraction of sp³-hybridized carbons (Fsp3) is 0.176. The van der Waals surface area contributed by atoms with E-state index in [0.29, 0.717) is 29.3 Å². The second-order valence-electron chi connectivity index (χ2n) is 4.83. The van der Waals surface area contributed by atoms with Crippen LogP contribution in [0.3, 0.4) is 0 Å². The van der Waals surface area contributed by atoms with Crippen molar-refractivity contribution in [3.05, 3.63) is 59.1 Å². The van der Waals surface area contributed by atoms with Crippen LogP contribution in [0.15, 0.2) is 48.5 Å². The maximum atomic E-state index is 11.9. The Morgan fingerprint density at radius 2 is 1.96 bits per heavy atom. The van der Waals surface area contributed by atoms with Crippen LogP contribution in [0.1, 0.15) is 12.0 Å². The molecule has 120 valence electrons. The summed E-state index contributed by atoms with van der Waals surface area (Å²) in [6, 6.07) is 14.9. The fourth-order valence-corrected chi connectivity index (χ4v) is 2.42. The van der Waals surface area contributed by atoms with Crippen LogP contribution in [0.2, 0.25) is 5.02 Å². The molecule has 2 rings (SSSR count). The van der Waals surface area contributed by atoms with Crippen molar-refractivity contribution in [2.45, 2.75) is 12.8 Å². The molecule has 0 aliphatic rings. The first-order chi connectivity index (χ1) is 11.1. The van der Waals surface area contributed by atoms with Gasteiger partial charge in [0.25, 0.3) is 0 Å². The Labute approximate surface area is 145 Å². The zero-order valence-electron chi connectivity index (χ0n) is 12.6. The maximum absolute atomic E-state index is 11.9. The molecule has 0 unspecified atom stereocenters. The van der Waals surface area contributed by atoms with Gasteiger partial charge in [0, 0.05) is 11.4 Å². The topological polar surface area (TPSA) is 50.4 Å². The highest BCUT2D eigenvalue weighted by Crippen LogP contribution is 2.27. The predicted octanol–water partition coefficient (Wildman–Crippen LogP) is 3.79. The van der Waals surface area contributed by atoms with Crippen LogP contribution in [0.25, 0.3) is 0 Å². The van der Waals surface area contributed by atoms with Gasteiger partial charge in [-0.15, -0.1) is 0 Å². The Balaban J connectivity index is 1.87. The van der Waals surface area contributed by atoms with E-state index < -0.39 is 0 Å². The zero-order chi connectivity index (χ0) is 16.7. The highest BCUT2D eigenvalue weighted by atomic mass is 35.5. The van der Waals surface area contributed by atoms with Gasteiger partial charge in [0.1, 0.15) is 5.75 Å². The first kappa shape index (κ1) is 17.2. The van der Waals surface area contributed by atoms with Gasteiger partial charge in [0.05, 0.1) is 12.8 Å². The van der Waals surface area contributed by atoms with Crippen molar-refractivity contribution in [2.24, 2.45) is 0 Å². The number of hydrogen-bond acceptors (Lipinski definition) is 3. The third-order valence-electron chi connectivity index (χ3n) is 3.15. The highest BCUT2D eigenvalue weighted by molar-refractivity contribution is 7.80. The minimum absolute atomic E-state index is 0.146.